The van der Waals surface area contributed by atoms with Gasteiger partial charge in [-0.2, -0.15) is 0 Å². The van der Waals surface area contributed by atoms with Gasteiger partial charge < -0.3 is 16.2 Å². The molecule has 1 aliphatic heterocycles. The highest BCUT2D eigenvalue weighted by atomic mass is 19.1. The summed E-state index contributed by atoms with van der Waals surface area (Å²) < 4.78 is 14.3. The van der Waals surface area contributed by atoms with Crippen molar-refractivity contribution in [3.8, 4) is 5.75 Å². The Morgan fingerprint density at radius 3 is 2.57 bits per heavy atom. The van der Waals surface area contributed by atoms with E-state index in [1.54, 1.807) is 30.9 Å². The highest BCUT2D eigenvalue weighted by Gasteiger charge is 2.38. The number of carbonyl (C=O) groups excluding carboxylic acids is 2. The van der Waals surface area contributed by atoms with Crippen LogP contribution in [0.3, 0.4) is 0 Å². The molecule has 0 saturated carbocycles. The van der Waals surface area contributed by atoms with Gasteiger partial charge in [-0.25, -0.2) is 9.37 Å². The van der Waals surface area contributed by atoms with Crippen molar-refractivity contribution in [1.82, 2.24) is 19.8 Å². The highest BCUT2D eigenvalue weighted by molar-refractivity contribution is 5.78. The van der Waals surface area contributed by atoms with Gasteiger partial charge in [0.15, 0.2) is 0 Å². The summed E-state index contributed by atoms with van der Waals surface area (Å²) in [4.78, 5) is 42.6. The van der Waals surface area contributed by atoms with Crippen molar-refractivity contribution in [2.24, 2.45) is 5.73 Å². The lowest BCUT2D eigenvalue weighted by molar-refractivity contribution is -0.121. The average Bonchev–Trinajstić information content (AvgIpc) is 2.68. The number of nitrogens with zero attached hydrogens (tertiary/aromatic N) is 3. The van der Waals surface area contributed by atoms with Gasteiger partial charge in [-0.3, -0.25) is 23.9 Å². The van der Waals surface area contributed by atoms with Crippen LogP contribution in [0.2, 0.25) is 0 Å². The number of aromatic hydroxyl groups is 1. The van der Waals surface area contributed by atoms with Crippen molar-refractivity contribution in [1.29, 1.82) is 0 Å². The second-order valence-corrected chi connectivity index (χ2v) is 7.71. The number of hydrogen-bond acceptors (Lipinski definition) is 6. The molecule has 0 radical (unpaired) electrons. The predicted octanol–water partition coefficient (Wildman–Crippen LogP) is -0.0171. The van der Waals surface area contributed by atoms with E-state index in [0.717, 1.165) is 0 Å². The van der Waals surface area contributed by atoms with Crippen LogP contribution < -0.4 is 16.6 Å². The van der Waals surface area contributed by atoms with Crippen LogP contribution in [0, 0.1) is 5.82 Å². The van der Waals surface area contributed by atoms with E-state index in [1.165, 1.54) is 16.7 Å². The van der Waals surface area contributed by atoms with Crippen molar-refractivity contribution < 1.29 is 19.1 Å². The van der Waals surface area contributed by atoms with Crippen LogP contribution in [0.25, 0.3) is 0 Å². The van der Waals surface area contributed by atoms with Crippen LogP contribution in [-0.2, 0) is 34.6 Å². The zero-order valence-corrected chi connectivity index (χ0v) is 16.8. The van der Waals surface area contributed by atoms with Crippen LogP contribution in [-0.4, -0.2) is 44.5 Å². The summed E-state index contributed by atoms with van der Waals surface area (Å²) in [6, 6.07) is 5.68. The second-order valence-electron chi connectivity index (χ2n) is 7.71. The van der Waals surface area contributed by atoms with E-state index in [0.29, 0.717) is 17.9 Å². The van der Waals surface area contributed by atoms with Crippen LogP contribution in [0.4, 0.5) is 4.39 Å². The fourth-order valence-corrected chi connectivity index (χ4v) is 3.51. The second kappa shape index (κ2) is 8.23. The number of primary amides is 1. The largest absolute Gasteiger partial charge is 0.502 e. The minimum atomic E-state index is -0.806. The molecule has 1 aliphatic rings. The Morgan fingerprint density at radius 2 is 1.93 bits per heavy atom. The van der Waals surface area contributed by atoms with Crippen molar-refractivity contribution >= 4 is 11.8 Å². The average molecular weight is 417 g/mol. The molecular formula is C20H24FN5O4. The SMILES string of the molecule is CC1(C)c2nc(CC(=O)NCc3ccc(F)cc3)c(O)c(=O)n2CCN1CC(N)=O. The first kappa shape index (κ1) is 21.4. The van der Waals surface area contributed by atoms with Crippen molar-refractivity contribution in [2.75, 3.05) is 13.1 Å². The molecule has 0 aliphatic carbocycles. The van der Waals surface area contributed by atoms with E-state index in [-0.39, 0.29) is 37.6 Å². The van der Waals surface area contributed by atoms with E-state index in [9.17, 15) is 23.9 Å². The zero-order chi connectivity index (χ0) is 22.1. The number of carbonyl (C=O) groups is 2. The third-order valence-electron chi connectivity index (χ3n) is 5.23. The molecule has 3 rings (SSSR count). The third kappa shape index (κ3) is 4.33. The van der Waals surface area contributed by atoms with E-state index >= 15 is 0 Å². The van der Waals surface area contributed by atoms with Crippen LogP contribution >= 0.6 is 0 Å². The lowest BCUT2D eigenvalue weighted by atomic mass is 9.98. The van der Waals surface area contributed by atoms with Crippen molar-refractivity contribution in [3.05, 3.63) is 57.5 Å². The molecule has 2 aromatic rings. The molecule has 160 valence electrons. The molecular weight excluding hydrogens is 393 g/mol. The predicted molar refractivity (Wildman–Crippen MR) is 106 cm³/mol. The zero-order valence-electron chi connectivity index (χ0n) is 16.8. The van der Waals surface area contributed by atoms with Crippen molar-refractivity contribution in [2.45, 2.75) is 38.9 Å². The number of fused-ring (bicyclic) bond motifs is 1. The summed E-state index contributed by atoms with van der Waals surface area (Å²) in [6.45, 7) is 4.38. The first-order valence-corrected chi connectivity index (χ1v) is 9.47. The molecule has 0 spiro atoms. The highest BCUT2D eigenvalue weighted by Crippen LogP contribution is 2.30. The molecule has 2 heterocycles. The number of benzene rings is 1. The summed E-state index contributed by atoms with van der Waals surface area (Å²) in [5.41, 5.74) is 4.54. The Kier molecular flexibility index (Phi) is 5.88. The van der Waals surface area contributed by atoms with E-state index in [4.69, 9.17) is 5.73 Å². The van der Waals surface area contributed by atoms with Crippen molar-refractivity contribution in [3.63, 3.8) is 0 Å². The number of halogens is 1. The summed E-state index contributed by atoms with van der Waals surface area (Å²) >= 11 is 0. The fraction of sp³-hybridized carbons (Fsp3) is 0.400. The number of amides is 2. The molecule has 30 heavy (non-hydrogen) atoms. The van der Waals surface area contributed by atoms with Crippen LogP contribution in [0.15, 0.2) is 29.1 Å². The Labute approximate surface area is 172 Å². The van der Waals surface area contributed by atoms with E-state index < -0.39 is 28.7 Å². The lowest BCUT2D eigenvalue weighted by Crippen LogP contribution is -2.54. The van der Waals surface area contributed by atoms with Crippen LogP contribution in [0.1, 0.15) is 30.9 Å². The maximum Gasteiger partial charge on any atom is 0.296 e. The molecule has 1 aromatic carbocycles. The lowest BCUT2D eigenvalue weighted by Gasteiger charge is -2.42. The smallest absolute Gasteiger partial charge is 0.296 e. The summed E-state index contributed by atoms with van der Waals surface area (Å²) in [7, 11) is 0. The summed E-state index contributed by atoms with van der Waals surface area (Å²) in [5.74, 6) is -1.55. The van der Waals surface area contributed by atoms with Gasteiger partial charge >= 0.3 is 0 Å². The Balaban J connectivity index is 1.81. The number of nitrogens with one attached hydrogen (secondary N) is 1. The van der Waals surface area contributed by atoms with Crippen LogP contribution in [0.5, 0.6) is 5.75 Å². The molecule has 0 atom stereocenters. The topological polar surface area (TPSA) is 131 Å². The molecule has 0 saturated heterocycles. The number of hydrogen-bond donors (Lipinski definition) is 3. The number of aromatic nitrogens is 2. The Bertz CT molecular complexity index is 1030. The molecule has 4 N–H and O–H groups in total. The molecule has 0 bridgehead atoms. The quantitative estimate of drug-likeness (QED) is 0.606. The number of nitrogens with two attached hydrogens (primary N) is 1. The molecule has 0 fully saturated rings. The standard InChI is InChI=1S/C20H24FN5O4/c1-20(2)19-24-14(9-16(28)23-10-12-3-5-13(21)6-4-12)17(29)18(30)26(19)8-7-25(20)11-15(22)27/h3-6,29H,7-11H2,1-2H3,(H2,22,27)(H,23,28). The van der Waals surface area contributed by atoms with Gasteiger partial charge in [-0.15, -0.1) is 0 Å². The molecule has 9 nitrogen and oxygen atoms in total. The first-order valence-electron chi connectivity index (χ1n) is 9.47. The Hall–Kier alpha value is -3.27. The normalized spacial score (nSPS) is 15.4. The summed E-state index contributed by atoms with van der Waals surface area (Å²) in [6.07, 6.45) is -0.304. The maximum atomic E-state index is 13.0. The Morgan fingerprint density at radius 1 is 1.27 bits per heavy atom. The van der Waals surface area contributed by atoms with E-state index in [1.807, 2.05) is 0 Å². The summed E-state index contributed by atoms with van der Waals surface area (Å²) in [5, 5.41) is 13.0. The van der Waals surface area contributed by atoms with Gasteiger partial charge in [0.05, 0.1) is 24.2 Å². The van der Waals surface area contributed by atoms with Gasteiger partial charge in [0.1, 0.15) is 11.6 Å². The first-order chi connectivity index (χ1) is 14.1. The van der Waals surface area contributed by atoms with E-state index in [2.05, 4.69) is 10.3 Å². The van der Waals surface area contributed by atoms with Gasteiger partial charge in [0.25, 0.3) is 5.56 Å². The molecule has 10 heteroatoms. The van der Waals surface area contributed by atoms with Gasteiger partial charge in [0, 0.05) is 19.6 Å². The monoisotopic (exact) mass is 417 g/mol. The minimum absolute atomic E-state index is 0.00274. The third-order valence-corrected chi connectivity index (χ3v) is 5.23. The minimum Gasteiger partial charge on any atom is -0.502 e. The fourth-order valence-electron chi connectivity index (χ4n) is 3.51. The molecule has 2 amide bonds. The van der Waals surface area contributed by atoms with Gasteiger partial charge in [-0.05, 0) is 31.5 Å². The van der Waals surface area contributed by atoms with Gasteiger partial charge in [0.2, 0.25) is 17.6 Å². The molecule has 0 unspecified atom stereocenters. The van der Waals surface area contributed by atoms with Gasteiger partial charge in [-0.1, -0.05) is 12.1 Å². The molecule has 1 aromatic heterocycles. The maximum absolute atomic E-state index is 13.0. The number of rotatable bonds is 6.